The predicted octanol–water partition coefficient (Wildman–Crippen LogP) is 4.08. The van der Waals surface area contributed by atoms with Crippen molar-refractivity contribution in [2.24, 2.45) is 7.05 Å². The third-order valence-corrected chi connectivity index (χ3v) is 4.99. The van der Waals surface area contributed by atoms with Gasteiger partial charge in [0, 0.05) is 30.3 Å². The summed E-state index contributed by atoms with van der Waals surface area (Å²) in [7, 11) is 3.99. The number of aryl methyl sites for hydroxylation is 1. The predicted molar refractivity (Wildman–Crippen MR) is 87.1 cm³/mol. The molecular weight excluding hydrogens is 296 g/mol. The average Bonchev–Trinajstić information content (AvgIpc) is 2.81. The summed E-state index contributed by atoms with van der Waals surface area (Å²) >= 11 is 0. The fraction of sp³-hybridized carbons (Fsp3) is 0.500. The monoisotopic (exact) mass is 319 g/mol. The Kier molecular flexibility index (Phi) is 4.23. The summed E-state index contributed by atoms with van der Waals surface area (Å²) in [6.07, 6.45) is 2.87. The molecule has 0 saturated heterocycles. The zero-order valence-corrected chi connectivity index (χ0v) is 14.1. The molecule has 0 amide bonds. The smallest absolute Gasteiger partial charge is 0.126 e. The lowest BCUT2D eigenvalue weighted by molar-refractivity contribution is 0.143. The van der Waals surface area contributed by atoms with E-state index in [2.05, 4.69) is 30.9 Å². The van der Waals surface area contributed by atoms with Crippen molar-refractivity contribution in [1.82, 2.24) is 14.7 Å². The van der Waals surface area contributed by atoms with Gasteiger partial charge >= 0.3 is 0 Å². The summed E-state index contributed by atoms with van der Waals surface area (Å²) in [4.78, 5) is 2.38. The van der Waals surface area contributed by atoms with Crippen LogP contribution < -0.4 is 0 Å². The molecule has 2 unspecified atom stereocenters. The Labute approximate surface area is 135 Å². The number of likely N-dealkylation sites (N-methyl/N-ethyl adjacent to an activating group) is 1. The van der Waals surface area contributed by atoms with Gasteiger partial charge in [-0.25, -0.2) is 8.78 Å². The van der Waals surface area contributed by atoms with Crippen LogP contribution >= 0.6 is 0 Å². The van der Waals surface area contributed by atoms with Crippen molar-refractivity contribution in [2.45, 2.75) is 45.2 Å². The molecule has 0 N–H and O–H groups in total. The molecule has 0 bridgehead atoms. The molecule has 1 aromatic heterocycles. The molecule has 1 aromatic carbocycles. The van der Waals surface area contributed by atoms with Crippen LogP contribution in [0.4, 0.5) is 8.78 Å². The molecule has 2 atom stereocenters. The van der Waals surface area contributed by atoms with Crippen molar-refractivity contribution in [3.05, 3.63) is 41.1 Å². The van der Waals surface area contributed by atoms with E-state index in [0.717, 1.165) is 42.3 Å². The van der Waals surface area contributed by atoms with E-state index in [1.807, 2.05) is 7.05 Å². The number of fused-ring (bicyclic) bond motifs is 1. The summed E-state index contributed by atoms with van der Waals surface area (Å²) in [5.41, 5.74) is 3.58. The first-order chi connectivity index (χ1) is 11.0. The van der Waals surface area contributed by atoms with Gasteiger partial charge in [-0.2, -0.15) is 5.10 Å². The molecule has 3 rings (SSSR count). The standard InChI is InChI=1S/C18H23F2N3/c1-5-14-10-15-17(16(6-2)22(14)3)21-23(4)18(15)11-7-12(19)9-13(20)8-11/h7-9,14,16H,5-6,10H2,1-4H3. The molecule has 124 valence electrons. The fourth-order valence-corrected chi connectivity index (χ4v) is 3.85. The van der Waals surface area contributed by atoms with Crippen molar-refractivity contribution < 1.29 is 8.78 Å². The largest absolute Gasteiger partial charge is 0.294 e. The number of benzene rings is 1. The second kappa shape index (κ2) is 6.04. The normalized spacial score (nSPS) is 21.5. The number of halogens is 2. The highest BCUT2D eigenvalue weighted by atomic mass is 19.1. The molecule has 1 aliphatic rings. The highest BCUT2D eigenvalue weighted by Crippen LogP contribution is 2.39. The van der Waals surface area contributed by atoms with E-state index in [9.17, 15) is 8.78 Å². The van der Waals surface area contributed by atoms with Crippen molar-refractivity contribution >= 4 is 0 Å². The first-order valence-corrected chi connectivity index (χ1v) is 8.20. The van der Waals surface area contributed by atoms with Crippen molar-refractivity contribution in [3.63, 3.8) is 0 Å². The van der Waals surface area contributed by atoms with Crippen LogP contribution in [-0.4, -0.2) is 27.8 Å². The van der Waals surface area contributed by atoms with Gasteiger partial charge in [-0.05, 0) is 38.4 Å². The quantitative estimate of drug-likeness (QED) is 0.850. The lowest BCUT2D eigenvalue weighted by atomic mass is 9.88. The van der Waals surface area contributed by atoms with Gasteiger partial charge in [-0.3, -0.25) is 9.58 Å². The van der Waals surface area contributed by atoms with Gasteiger partial charge in [0.15, 0.2) is 0 Å². The molecule has 2 heterocycles. The van der Waals surface area contributed by atoms with Gasteiger partial charge < -0.3 is 0 Å². The van der Waals surface area contributed by atoms with Crippen molar-refractivity contribution in [1.29, 1.82) is 0 Å². The molecule has 5 heteroatoms. The molecule has 23 heavy (non-hydrogen) atoms. The van der Waals surface area contributed by atoms with Gasteiger partial charge in [-0.1, -0.05) is 13.8 Å². The SMILES string of the molecule is CCC1Cc2c(nn(C)c2-c2cc(F)cc(F)c2)C(CC)N1C. The lowest BCUT2D eigenvalue weighted by Crippen LogP contribution is -2.40. The summed E-state index contributed by atoms with van der Waals surface area (Å²) < 4.78 is 29.1. The zero-order valence-electron chi connectivity index (χ0n) is 14.1. The average molecular weight is 319 g/mol. The molecular formula is C18H23F2N3. The Bertz CT molecular complexity index is 703. The first-order valence-electron chi connectivity index (χ1n) is 8.20. The molecule has 0 spiro atoms. The third-order valence-electron chi connectivity index (χ3n) is 4.99. The number of hydrogen-bond donors (Lipinski definition) is 0. The molecule has 0 aliphatic carbocycles. The highest BCUT2D eigenvalue weighted by molar-refractivity contribution is 5.66. The number of rotatable bonds is 3. The van der Waals surface area contributed by atoms with E-state index >= 15 is 0 Å². The van der Waals surface area contributed by atoms with E-state index in [1.165, 1.54) is 12.1 Å². The van der Waals surface area contributed by atoms with Crippen LogP contribution in [0.3, 0.4) is 0 Å². The third kappa shape index (κ3) is 2.67. The Morgan fingerprint density at radius 3 is 2.30 bits per heavy atom. The Hall–Kier alpha value is -1.75. The van der Waals surface area contributed by atoms with Crippen LogP contribution in [-0.2, 0) is 13.5 Å². The van der Waals surface area contributed by atoms with Crippen LogP contribution in [0.5, 0.6) is 0 Å². The number of aromatic nitrogens is 2. The minimum Gasteiger partial charge on any atom is -0.294 e. The van der Waals surface area contributed by atoms with Gasteiger partial charge in [0.05, 0.1) is 17.4 Å². The minimum atomic E-state index is -0.554. The summed E-state index contributed by atoms with van der Waals surface area (Å²) in [6.45, 7) is 4.33. The highest BCUT2D eigenvalue weighted by Gasteiger charge is 2.35. The topological polar surface area (TPSA) is 21.1 Å². The minimum absolute atomic E-state index is 0.252. The van der Waals surface area contributed by atoms with Crippen LogP contribution in [0.25, 0.3) is 11.3 Å². The second-order valence-electron chi connectivity index (χ2n) is 6.35. The van der Waals surface area contributed by atoms with E-state index in [4.69, 9.17) is 0 Å². The maximum Gasteiger partial charge on any atom is 0.126 e. The summed E-state index contributed by atoms with van der Waals surface area (Å²) in [6, 6.07) is 4.36. The van der Waals surface area contributed by atoms with Crippen molar-refractivity contribution in [3.8, 4) is 11.3 Å². The van der Waals surface area contributed by atoms with Crippen LogP contribution in [0.15, 0.2) is 18.2 Å². The van der Waals surface area contributed by atoms with E-state index in [1.54, 1.807) is 4.68 Å². The lowest BCUT2D eigenvalue weighted by Gasteiger charge is -2.38. The number of nitrogens with zero attached hydrogens (tertiary/aromatic N) is 3. The zero-order chi connectivity index (χ0) is 16.7. The van der Waals surface area contributed by atoms with Gasteiger partial charge in [0.25, 0.3) is 0 Å². The van der Waals surface area contributed by atoms with E-state index in [-0.39, 0.29) is 6.04 Å². The maximum atomic E-state index is 13.7. The van der Waals surface area contributed by atoms with Gasteiger partial charge in [0.2, 0.25) is 0 Å². The molecule has 0 radical (unpaired) electrons. The van der Waals surface area contributed by atoms with Gasteiger partial charge in [0.1, 0.15) is 11.6 Å². The van der Waals surface area contributed by atoms with E-state index < -0.39 is 11.6 Å². The number of hydrogen-bond acceptors (Lipinski definition) is 2. The Morgan fingerprint density at radius 2 is 1.74 bits per heavy atom. The maximum absolute atomic E-state index is 13.7. The van der Waals surface area contributed by atoms with Crippen molar-refractivity contribution in [2.75, 3.05) is 7.05 Å². The molecule has 1 aliphatic heterocycles. The van der Waals surface area contributed by atoms with Crippen LogP contribution in [0.2, 0.25) is 0 Å². The van der Waals surface area contributed by atoms with Crippen LogP contribution in [0.1, 0.15) is 44.0 Å². The molecule has 2 aromatic rings. The van der Waals surface area contributed by atoms with E-state index in [0.29, 0.717) is 11.6 Å². The fourth-order valence-electron chi connectivity index (χ4n) is 3.85. The van der Waals surface area contributed by atoms with Crippen LogP contribution in [0, 0.1) is 11.6 Å². The molecule has 3 nitrogen and oxygen atoms in total. The summed E-state index contributed by atoms with van der Waals surface area (Å²) in [5.74, 6) is -1.11. The molecule has 0 fully saturated rings. The first kappa shape index (κ1) is 16.1. The molecule has 0 saturated carbocycles. The Balaban J connectivity index is 2.18. The summed E-state index contributed by atoms with van der Waals surface area (Å²) in [5, 5.41) is 4.69. The van der Waals surface area contributed by atoms with Gasteiger partial charge in [-0.15, -0.1) is 0 Å². The second-order valence-corrected chi connectivity index (χ2v) is 6.35. The Morgan fingerprint density at radius 1 is 1.09 bits per heavy atom.